The van der Waals surface area contributed by atoms with Crippen LogP contribution < -0.4 is 5.32 Å². The van der Waals surface area contributed by atoms with Gasteiger partial charge in [0.1, 0.15) is 11.3 Å². The number of carbonyl (C=O) groups excluding carboxylic acids is 1. The van der Waals surface area contributed by atoms with Gasteiger partial charge in [0, 0.05) is 18.1 Å². The van der Waals surface area contributed by atoms with Crippen molar-refractivity contribution in [3.8, 4) is 0 Å². The largest absolute Gasteiger partial charge is 0.342 e. The smallest absolute Gasteiger partial charge is 0.272 e. The van der Waals surface area contributed by atoms with E-state index in [9.17, 15) is 4.79 Å². The number of amides is 1. The molecule has 0 radical (unpaired) electrons. The molecule has 1 aliphatic carbocycles. The van der Waals surface area contributed by atoms with Crippen molar-refractivity contribution in [2.75, 3.05) is 0 Å². The number of aryl methyl sites for hydroxylation is 2. The summed E-state index contributed by atoms with van der Waals surface area (Å²) in [5.41, 5.74) is 4.37. The summed E-state index contributed by atoms with van der Waals surface area (Å²) in [6, 6.07) is 9.78. The van der Waals surface area contributed by atoms with Gasteiger partial charge in [0.05, 0.1) is 11.7 Å². The Labute approximate surface area is 140 Å². The molecule has 1 atom stereocenters. The molecule has 5 heteroatoms. The Morgan fingerprint density at radius 1 is 1.25 bits per heavy atom. The average Bonchev–Trinajstić information content (AvgIpc) is 3.31. The fourth-order valence-corrected chi connectivity index (χ4v) is 3.14. The van der Waals surface area contributed by atoms with E-state index in [1.54, 1.807) is 12.4 Å². The van der Waals surface area contributed by atoms with Gasteiger partial charge in [-0.25, -0.2) is 4.98 Å². The third-order valence-corrected chi connectivity index (χ3v) is 4.65. The normalized spacial score (nSPS) is 15.4. The lowest BCUT2D eigenvalue weighted by atomic mass is 10.0. The van der Waals surface area contributed by atoms with Gasteiger partial charge >= 0.3 is 0 Å². The molecule has 0 aromatic carbocycles. The zero-order chi connectivity index (χ0) is 16.7. The van der Waals surface area contributed by atoms with Crippen LogP contribution in [0.3, 0.4) is 0 Å². The number of hydrogen-bond acceptors (Lipinski definition) is 3. The van der Waals surface area contributed by atoms with E-state index >= 15 is 0 Å². The first-order valence-corrected chi connectivity index (χ1v) is 8.30. The highest BCUT2D eigenvalue weighted by molar-refractivity contribution is 5.93. The molecule has 0 spiro atoms. The fraction of sp³-hybridized carbons (Fsp3) is 0.316. The van der Waals surface area contributed by atoms with Crippen LogP contribution in [-0.4, -0.2) is 20.3 Å². The highest BCUT2D eigenvalue weighted by Crippen LogP contribution is 2.41. The van der Waals surface area contributed by atoms with E-state index in [2.05, 4.69) is 15.3 Å². The third-order valence-electron chi connectivity index (χ3n) is 4.65. The molecule has 24 heavy (non-hydrogen) atoms. The van der Waals surface area contributed by atoms with Gasteiger partial charge in [0.25, 0.3) is 5.91 Å². The van der Waals surface area contributed by atoms with Crippen molar-refractivity contribution in [2.45, 2.75) is 32.7 Å². The monoisotopic (exact) mass is 320 g/mol. The first-order valence-electron chi connectivity index (χ1n) is 8.30. The molecule has 0 saturated heterocycles. The molecule has 0 bridgehead atoms. The number of hydrogen-bond donors (Lipinski definition) is 1. The van der Waals surface area contributed by atoms with Crippen LogP contribution in [0.2, 0.25) is 0 Å². The van der Waals surface area contributed by atoms with E-state index in [4.69, 9.17) is 0 Å². The Balaban J connectivity index is 1.63. The topological polar surface area (TPSA) is 59.3 Å². The lowest BCUT2D eigenvalue weighted by Gasteiger charge is -2.19. The minimum Gasteiger partial charge on any atom is -0.342 e. The molecule has 1 aliphatic rings. The predicted molar refractivity (Wildman–Crippen MR) is 91.8 cm³/mol. The van der Waals surface area contributed by atoms with Gasteiger partial charge in [-0.05, 0) is 56.4 Å². The lowest BCUT2D eigenvalue weighted by Crippen LogP contribution is -2.31. The molecule has 3 aromatic rings. The van der Waals surface area contributed by atoms with Gasteiger partial charge in [0.15, 0.2) is 0 Å². The molecular weight excluding hydrogens is 300 g/mol. The molecule has 1 fully saturated rings. The van der Waals surface area contributed by atoms with Crippen LogP contribution in [0.15, 0.2) is 42.7 Å². The molecule has 0 aliphatic heterocycles. The van der Waals surface area contributed by atoms with Crippen LogP contribution in [0, 0.1) is 19.8 Å². The molecule has 3 heterocycles. The summed E-state index contributed by atoms with van der Waals surface area (Å²) in [5.74, 6) is 0.335. The van der Waals surface area contributed by atoms with Crippen LogP contribution >= 0.6 is 0 Å². The predicted octanol–water partition coefficient (Wildman–Crippen LogP) is 3.23. The van der Waals surface area contributed by atoms with Crippen LogP contribution in [0.25, 0.3) is 5.65 Å². The van der Waals surface area contributed by atoms with Gasteiger partial charge in [-0.2, -0.15) is 0 Å². The molecule has 3 aromatic heterocycles. The number of nitrogens with one attached hydrogen (secondary N) is 1. The molecule has 122 valence electrons. The Kier molecular flexibility index (Phi) is 3.56. The van der Waals surface area contributed by atoms with Crippen LogP contribution in [0.4, 0.5) is 0 Å². The first-order chi connectivity index (χ1) is 11.6. The fourth-order valence-electron chi connectivity index (χ4n) is 3.14. The SMILES string of the molecule is Cc1cccnc1C(NC(=O)c1cn2c(C)cccc2n1)C1CC1. The van der Waals surface area contributed by atoms with Gasteiger partial charge in [-0.3, -0.25) is 9.78 Å². The average molecular weight is 320 g/mol. The van der Waals surface area contributed by atoms with Crippen molar-refractivity contribution in [1.82, 2.24) is 19.7 Å². The number of fused-ring (bicyclic) bond motifs is 1. The van der Waals surface area contributed by atoms with Crippen molar-refractivity contribution in [3.63, 3.8) is 0 Å². The molecule has 5 nitrogen and oxygen atoms in total. The van der Waals surface area contributed by atoms with Gasteiger partial charge in [-0.15, -0.1) is 0 Å². The van der Waals surface area contributed by atoms with Crippen LogP contribution in [0.1, 0.15) is 46.3 Å². The summed E-state index contributed by atoms with van der Waals surface area (Å²) in [6.45, 7) is 4.04. The molecule has 1 unspecified atom stereocenters. The molecule has 4 rings (SSSR count). The Bertz CT molecular complexity index is 911. The second kappa shape index (κ2) is 5.74. The lowest BCUT2D eigenvalue weighted by molar-refractivity contribution is 0.0926. The Hall–Kier alpha value is -2.69. The number of carbonyl (C=O) groups is 1. The summed E-state index contributed by atoms with van der Waals surface area (Å²) in [4.78, 5) is 21.7. The van der Waals surface area contributed by atoms with Gasteiger partial charge in [0.2, 0.25) is 0 Å². The van der Waals surface area contributed by atoms with E-state index in [1.807, 2.05) is 48.6 Å². The molecule has 1 N–H and O–H groups in total. The second-order valence-electron chi connectivity index (χ2n) is 6.52. The van der Waals surface area contributed by atoms with Crippen molar-refractivity contribution < 1.29 is 4.79 Å². The van der Waals surface area contributed by atoms with E-state index in [-0.39, 0.29) is 11.9 Å². The van der Waals surface area contributed by atoms with Crippen molar-refractivity contribution in [2.24, 2.45) is 5.92 Å². The Morgan fingerprint density at radius 3 is 2.79 bits per heavy atom. The van der Waals surface area contributed by atoms with E-state index < -0.39 is 0 Å². The highest BCUT2D eigenvalue weighted by Gasteiger charge is 2.35. The minimum atomic E-state index is -0.139. The summed E-state index contributed by atoms with van der Waals surface area (Å²) < 4.78 is 1.94. The first kappa shape index (κ1) is 14.9. The Morgan fingerprint density at radius 2 is 2.08 bits per heavy atom. The van der Waals surface area contributed by atoms with Crippen molar-refractivity contribution in [3.05, 3.63) is 65.4 Å². The van der Waals surface area contributed by atoms with Crippen LogP contribution in [0.5, 0.6) is 0 Å². The van der Waals surface area contributed by atoms with Crippen LogP contribution in [-0.2, 0) is 0 Å². The number of rotatable bonds is 4. The zero-order valence-electron chi connectivity index (χ0n) is 13.9. The number of aromatic nitrogens is 3. The van der Waals surface area contributed by atoms with E-state index in [1.165, 1.54) is 0 Å². The summed E-state index contributed by atoms with van der Waals surface area (Å²) >= 11 is 0. The van der Waals surface area contributed by atoms with Crippen molar-refractivity contribution >= 4 is 11.6 Å². The van der Waals surface area contributed by atoms with Crippen molar-refractivity contribution in [1.29, 1.82) is 0 Å². The molecule has 1 amide bonds. The number of nitrogens with zero attached hydrogens (tertiary/aromatic N) is 3. The minimum absolute atomic E-state index is 0.0374. The highest BCUT2D eigenvalue weighted by atomic mass is 16.2. The molecule has 1 saturated carbocycles. The third kappa shape index (κ3) is 2.66. The summed E-state index contributed by atoms with van der Waals surface area (Å²) in [7, 11) is 0. The summed E-state index contributed by atoms with van der Waals surface area (Å²) in [6.07, 6.45) is 5.85. The van der Waals surface area contributed by atoms with E-state index in [0.717, 1.165) is 35.4 Å². The quantitative estimate of drug-likeness (QED) is 0.803. The second-order valence-corrected chi connectivity index (χ2v) is 6.52. The maximum Gasteiger partial charge on any atom is 0.272 e. The zero-order valence-corrected chi connectivity index (χ0v) is 13.9. The van der Waals surface area contributed by atoms with Gasteiger partial charge in [-0.1, -0.05) is 12.1 Å². The van der Waals surface area contributed by atoms with Gasteiger partial charge < -0.3 is 9.72 Å². The number of pyridine rings is 2. The maximum absolute atomic E-state index is 12.7. The standard InChI is InChI=1S/C19H20N4O/c1-12-5-4-10-20-17(12)18(14-8-9-14)22-19(24)15-11-23-13(2)6-3-7-16(23)21-15/h3-7,10-11,14,18H,8-9H2,1-2H3,(H,22,24). The summed E-state index contributed by atoms with van der Waals surface area (Å²) in [5, 5.41) is 3.16. The molecular formula is C19H20N4O. The van der Waals surface area contributed by atoms with E-state index in [0.29, 0.717) is 11.6 Å². The number of imidazole rings is 1. The maximum atomic E-state index is 12.7.